The van der Waals surface area contributed by atoms with Crippen LogP contribution in [0.25, 0.3) is 0 Å². The number of hydrogen-bond donors (Lipinski definition) is 4. The standard InChI is InChI=1S/C19H31N2O14P/c1-8(18(26)30-6)20-17(25)9(2)32-16-14(21-10(3)22)19(35-36(27,28)29)34-13(7-31-11(4)23)15(16)33-12(5)24/h8-9,13-16,19H,7H2,1-6H3,(H,20,25)(H,21,22)(H2,27,28,29)/t8-,9+,13+,14+,15+,16+,19+/m0/s1. The van der Waals surface area contributed by atoms with Gasteiger partial charge in [0, 0.05) is 20.8 Å². The lowest BCUT2D eigenvalue weighted by atomic mass is 9.96. The van der Waals surface area contributed by atoms with Crippen LogP contribution in [-0.4, -0.2) is 96.0 Å². The van der Waals surface area contributed by atoms with Crippen molar-refractivity contribution in [3.05, 3.63) is 0 Å². The number of nitrogens with one attached hydrogen (secondary N) is 2. The van der Waals surface area contributed by atoms with Gasteiger partial charge in [0.1, 0.15) is 37.0 Å². The topological polar surface area (TPSA) is 222 Å². The molecule has 16 nitrogen and oxygen atoms in total. The summed E-state index contributed by atoms with van der Waals surface area (Å²) in [6.45, 7) is 5.25. The van der Waals surface area contributed by atoms with Crippen molar-refractivity contribution < 1.29 is 66.5 Å². The van der Waals surface area contributed by atoms with Crippen LogP contribution in [0.4, 0.5) is 0 Å². The summed E-state index contributed by atoms with van der Waals surface area (Å²) in [5.41, 5.74) is 0. The molecule has 7 atom stereocenters. The molecular formula is C19H31N2O14P. The average molecular weight is 542 g/mol. The first kappa shape index (κ1) is 31.4. The lowest BCUT2D eigenvalue weighted by molar-refractivity contribution is -0.267. The van der Waals surface area contributed by atoms with Gasteiger partial charge in [-0.2, -0.15) is 0 Å². The number of carbonyl (C=O) groups is 5. The summed E-state index contributed by atoms with van der Waals surface area (Å²) < 4.78 is 42.2. The van der Waals surface area contributed by atoms with E-state index in [1.54, 1.807) is 0 Å². The van der Waals surface area contributed by atoms with E-state index in [9.17, 15) is 38.3 Å². The van der Waals surface area contributed by atoms with Crippen molar-refractivity contribution in [2.45, 2.75) is 77.4 Å². The molecule has 2 amide bonds. The Morgan fingerprint density at radius 3 is 2.11 bits per heavy atom. The second-order valence-electron chi connectivity index (χ2n) is 7.74. The minimum Gasteiger partial charge on any atom is -0.467 e. The van der Waals surface area contributed by atoms with E-state index < -0.39 is 86.9 Å². The van der Waals surface area contributed by atoms with Gasteiger partial charge in [-0.15, -0.1) is 0 Å². The Bertz CT molecular complexity index is 876. The van der Waals surface area contributed by atoms with E-state index in [4.69, 9.17) is 18.9 Å². The highest BCUT2D eigenvalue weighted by Crippen LogP contribution is 2.41. The molecule has 0 aliphatic carbocycles. The Morgan fingerprint density at radius 2 is 1.64 bits per heavy atom. The number of carbonyl (C=O) groups excluding carboxylic acids is 5. The van der Waals surface area contributed by atoms with Gasteiger partial charge in [0.05, 0.1) is 7.11 Å². The van der Waals surface area contributed by atoms with Gasteiger partial charge in [-0.25, -0.2) is 9.36 Å². The van der Waals surface area contributed by atoms with Crippen molar-refractivity contribution in [1.82, 2.24) is 10.6 Å². The van der Waals surface area contributed by atoms with Gasteiger partial charge < -0.3 is 44.1 Å². The molecule has 1 fully saturated rings. The zero-order chi connectivity index (χ0) is 27.8. The summed E-state index contributed by atoms with van der Waals surface area (Å²) in [4.78, 5) is 78.0. The average Bonchev–Trinajstić information content (AvgIpc) is 2.73. The first-order chi connectivity index (χ1) is 16.5. The van der Waals surface area contributed by atoms with E-state index in [0.29, 0.717) is 0 Å². The lowest BCUT2D eigenvalue weighted by Crippen LogP contribution is -2.67. The Morgan fingerprint density at radius 1 is 1.03 bits per heavy atom. The number of esters is 3. The van der Waals surface area contributed by atoms with Crippen LogP contribution in [0.5, 0.6) is 0 Å². The molecule has 0 aromatic heterocycles. The van der Waals surface area contributed by atoms with Crippen molar-refractivity contribution in [3.63, 3.8) is 0 Å². The zero-order valence-electron chi connectivity index (χ0n) is 20.5. The van der Waals surface area contributed by atoms with Crippen LogP contribution in [0.1, 0.15) is 34.6 Å². The molecule has 1 heterocycles. The van der Waals surface area contributed by atoms with Crippen LogP contribution in [0.2, 0.25) is 0 Å². The van der Waals surface area contributed by atoms with Gasteiger partial charge in [-0.3, -0.25) is 23.7 Å². The van der Waals surface area contributed by atoms with E-state index in [-0.39, 0.29) is 0 Å². The maximum atomic E-state index is 12.6. The van der Waals surface area contributed by atoms with Crippen LogP contribution in [0, 0.1) is 0 Å². The van der Waals surface area contributed by atoms with Gasteiger partial charge in [0.2, 0.25) is 11.8 Å². The fraction of sp³-hybridized carbons (Fsp3) is 0.737. The fourth-order valence-electron chi connectivity index (χ4n) is 3.21. The molecule has 4 N–H and O–H groups in total. The molecule has 1 rings (SSSR count). The second kappa shape index (κ2) is 13.6. The van der Waals surface area contributed by atoms with Crippen LogP contribution >= 0.6 is 7.82 Å². The minimum absolute atomic E-state index is 0.569. The quantitative estimate of drug-likeness (QED) is 0.129. The fourth-order valence-corrected chi connectivity index (χ4v) is 3.66. The number of methoxy groups -OCH3 is 1. The summed E-state index contributed by atoms with van der Waals surface area (Å²) >= 11 is 0. The Balaban J connectivity index is 3.41. The molecule has 1 saturated heterocycles. The summed E-state index contributed by atoms with van der Waals surface area (Å²) in [7, 11) is -4.09. The maximum absolute atomic E-state index is 12.6. The third-order valence-corrected chi connectivity index (χ3v) is 5.14. The molecule has 17 heteroatoms. The smallest absolute Gasteiger partial charge is 0.467 e. The predicted octanol–water partition coefficient (Wildman–Crippen LogP) is -1.73. The monoisotopic (exact) mass is 542 g/mol. The number of phosphoric ester groups is 1. The number of phosphoric acid groups is 1. The Kier molecular flexibility index (Phi) is 11.9. The van der Waals surface area contributed by atoms with Crippen molar-refractivity contribution in [2.24, 2.45) is 0 Å². The molecule has 1 aliphatic rings. The number of rotatable bonds is 11. The zero-order valence-corrected chi connectivity index (χ0v) is 21.4. The maximum Gasteiger partial charge on any atom is 0.472 e. The molecule has 0 radical (unpaired) electrons. The van der Waals surface area contributed by atoms with Crippen LogP contribution in [0.15, 0.2) is 0 Å². The molecule has 36 heavy (non-hydrogen) atoms. The van der Waals surface area contributed by atoms with Gasteiger partial charge in [-0.05, 0) is 13.8 Å². The highest BCUT2D eigenvalue weighted by Gasteiger charge is 2.52. The predicted molar refractivity (Wildman–Crippen MR) is 116 cm³/mol. The SMILES string of the molecule is COC(=O)[C@H](C)NC(=O)[C@@H](C)O[C@@H]1[C@@H](NC(C)=O)[C@@H](OP(=O)(O)O)O[C@H](COC(C)=O)[C@H]1OC(C)=O. The van der Waals surface area contributed by atoms with Crippen molar-refractivity contribution in [3.8, 4) is 0 Å². The van der Waals surface area contributed by atoms with E-state index in [1.807, 2.05) is 0 Å². The molecule has 0 aromatic rings. The molecule has 1 aliphatic heterocycles. The van der Waals surface area contributed by atoms with Gasteiger partial charge in [0.25, 0.3) is 0 Å². The molecule has 206 valence electrons. The molecule has 0 aromatic carbocycles. The minimum atomic E-state index is -5.22. The van der Waals surface area contributed by atoms with Gasteiger partial charge >= 0.3 is 25.7 Å². The van der Waals surface area contributed by atoms with Crippen LogP contribution < -0.4 is 10.6 Å². The first-order valence-electron chi connectivity index (χ1n) is 10.6. The van der Waals surface area contributed by atoms with Crippen molar-refractivity contribution in [2.75, 3.05) is 13.7 Å². The first-order valence-corrected chi connectivity index (χ1v) is 12.1. The van der Waals surface area contributed by atoms with E-state index >= 15 is 0 Å². The largest absolute Gasteiger partial charge is 0.472 e. The normalized spacial score (nSPS) is 25.6. The van der Waals surface area contributed by atoms with E-state index in [1.165, 1.54) is 13.8 Å². The third kappa shape index (κ3) is 10.2. The number of ether oxygens (including phenoxy) is 5. The summed E-state index contributed by atoms with van der Waals surface area (Å²) in [6.07, 6.45) is -7.63. The lowest BCUT2D eigenvalue weighted by Gasteiger charge is -2.45. The van der Waals surface area contributed by atoms with E-state index in [0.717, 1.165) is 27.9 Å². The summed E-state index contributed by atoms with van der Waals surface area (Å²) in [6, 6.07) is -2.58. The molecule has 0 saturated carbocycles. The van der Waals surface area contributed by atoms with Crippen LogP contribution in [-0.2, 0) is 56.7 Å². The Hall–Kier alpha value is -2.62. The summed E-state index contributed by atoms with van der Waals surface area (Å²) in [5, 5.41) is 4.69. The van der Waals surface area contributed by atoms with Gasteiger partial charge in [-0.1, -0.05) is 0 Å². The number of hydrogen-bond acceptors (Lipinski definition) is 12. The molecule has 0 unspecified atom stereocenters. The molecule has 0 spiro atoms. The van der Waals surface area contributed by atoms with Crippen molar-refractivity contribution in [1.29, 1.82) is 0 Å². The highest BCUT2D eigenvalue weighted by molar-refractivity contribution is 7.46. The van der Waals surface area contributed by atoms with Crippen molar-refractivity contribution >= 4 is 37.5 Å². The Labute approximate surface area is 206 Å². The highest BCUT2D eigenvalue weighted by atomic mass is 31.2. The second-order valence-corrected chi connectivity index (χ2v) is 8.93. The number of amides is 2. The summed E-state index contributed by atoms with van der Waals surface area (Å²) in [5.74, 6) is -3.87. The van der Waals surface area contributed by atoms with Gasteiger partial charge in [0.15, 0.2) is 12.4 Å². The van der Waals surface area contributed by atoms with Crippen LogP contribution in [0.3, 0.4) is 0 Å². The van der Waals surface area contributed by atoms with E-state index in [2.05, 4.69) is 19.9 Å². The molecular weight excluding hydrogens is 511 g/mol. The third-order valence-electron chi connectivity index (χ3n) is 4.65. The molecule has 0 bridgehead atoms.